The summed E-state index contributed by atoms with van der Waals surface area (Å²) in [4.78, 5) is 13.3. The van der Waals surface area contributed by atoms with Gasteiger partial charge in [-0.05, 0) is 42.9 Å². The van der Waals surface area contributed by atoms with E-state index >= 15 is 0 Å². The molecule has 1 aromatic carbocycles. The van der Waals surface area contributed by atoms with E-state index in [-0.39, 0.29) is 0 Å². The van der Waals surface area contributed by atoms with Gasteiger partial charge in [0, 0.05) is 13.1 Å². The van der Waals surface area contributed by atoms with Crippen LogP contribution < -0.4 is 10.6 Å². The Hall–Kier alpha value is -1.71. The number of aromatic carboxylic acids is 1. The number of rotatable bonds is 4. The molecule has 0 aliphatic carbocycles. The highest BCUT2D eigenvalue weighted by Crippen LogP contribution is 2.40. The standard InChI is InChI=1S/C15H22N2O2/c1-3-15(4-2)7-8-17(10-15)13-9-11(14(18)19)5-6-12(13)16/h5-6,9H,3-4,7-8,10,16H2,1-2H3,(H,18,19). The predicted molar refractivity (Wildman–Crippen MR) is 77.7 cm³/mol. The molecule has 4 heteroatoms. The summed E-state index contributed by atoms with van der Waals surface area (Å²) in [6.07, 6.45) is 3.45. The van der Waals surface area contributed by atoms with Crippen LogP contribution in [-0.2, 0) is 0 Å². The third-order valence-corrected chi connectivity index (χ3v) is 4.56. The monoisotopic (exact) mass is 262 g/mol. The number of nitrogens with two attached hydrogens (primary N) is 1. The molecule has 1 aliphatic heterocycles. The second kappa shape index (κ2) is 5.11. The van der Waals surface area contributed by atoms with Gasteiger partial charge in [0.05, 0.1) is 16.9 Å². The molecule has 4 nitrogen and oxygen atoms in total. The summed E-state index contributed by atoms with van der Waals surface area (Å²) in [5.74, 6) is -0.905. The summed E-state index contributed by atoms with van der Waals surface area (Å²) in [5.41, 5.74) is 8.18. The Bertz CT molecular complexity index is 481. The smallest absolute Gasteiger partial charge is 0.335 e. The van der Waals surface area contributed by atoms with Gasteiger partial charge in [0.1, 0.15) is 0 Å². The van der Waals surface area contributed by atoms with Gasteiger partial charge in [0.25, 0.3) is 0 Å². The van der Waals surface area contributed by atoms with Gasteiger partial charge in [-0.3, -0.25) is 0 Å². The van der Waals surface area contributed by atoms with Crippen molar-refractivity contribution in [1.82, 2.24) is 0 Å². The highest BCUT2D eigenvalue weighted by molar-refractivity contribution is 5.90. The van der Waals surface area contributed by atoms with Crippen molar-refractivity contribution in [2.24, 2.45) is 5.41 Å². The molecule has 0 bridgehead atoms. The molecule has 19 heavy (non-hydrogen) atoms. The molecule has 1 fully saturated rings. The van der Waals surface area contributed by atoms with Crippen LogP contribution in [0.3, 0.4) is 0 Å². The van der Waals surface area contributed by atoms with Crippen molar-refractivity contribution >= 4 is 17.3 Å². The normalized spacial score (nSPS) is 17.7. The molecular weight excluding hydrogens is 240 g/mol. The van der Waals surface area contributed by atoms with Crippen molar-refractivity contribution in [3.05, 3.63) is 23.8 Å². The van der Waals surface area contributed by atoms with Crippen molar-refractivity contribution in [3.8, 4) is 0 Å². The van der Waals surface area contributed by atoms with Crippen LogP contribution in [0.2, 0.25) is 0 Å². The van der Waals surface area contributed by atoms with Gasteiger partial charge in [-0.15, -0.1) is 0 Å². The van der Waals surface area contributed by atoms with Crippen LogP contribution in [0, 0.1) is 5.41 Å². The fourth-order valence-corrected chi connectivity index (χ4v) is 2.92. The largest absolute Gasteiger partial charge is 0.478 e. The molecule has 1 aromatic rings. The number of carbonyl (C=O) groups is 1. The molecule has 0 saturated carbocycles. The van der Waals surface area contributed by atoms with E-state index in [1.165, 1.54) is 0 Å². The summed E-state index contributed by atoms with van der Waals surface area (Å²) in [6, 6.07) is 4.94. The molecule has 0 atom stereocenters. The maximum Gasteiger partial charge on any atom is 0.335 e. The Balaban J connectivity index is 2.28. The Kier molecular flexibility index (Phi) is 3.69. The van der Waals surface area contributed by atoms with Crippen molar-refractivity contribution < 1.29 is 9.90 Å². The van der Waals surface area contributed by atoms with Gasteiger partial charge in [-0.25, -0.2) is 4.79 Å². The SMILES string of the molecule is CCC1(CC)CCN(c2cc(C(=O)O)ccc2N)C1. The topological polar surface area (TPSA) is 66.6 Å². The zero-order valence-electron chi connectivity index (χ0n) is 11.6. The summed E-state index contributed by atoms with van der Waals surface area (Å²) >= 11 is 0. The summed E-state index contributed by atoms with van der Waals surface area (Å²) in [6.45, 7) is 6.37. The van der Waals surface area contributed by atoms with Crippen molar-refractivity contribution in [3.63, 3.8) is 0 Å². The Morgan fingerprint density at radius 3 is 2.63 bits per heavy atom. The van der Waals surface area contributed by atoms with Gasteiger partial charge >= 0.3 is 5.97 Å². The average Bonchev–Trinajstić information content (AvgIpc) is 2.84. The first-order valence-corrected chi connectivity index (χ1v) is 6.89. The fraction of sp³-hybridized carbons (Fsp3) is 0.533. The van der Waals surface area contributed by atoms with Crippen molar-refractivity contribution in [1.29, 1.82) is 0 Å². The molecule has 2 rings (SSSR count). The zero-order chi connectivity index (χ0) is 14.0. The van der Waals surface area contributed by atoms with Crippen LogP contribution in [0.4, 0.5) is 11.4 Å². The molecule has 3 N–H and O–H groups in total. The van der Waals surface area contributed by atoms with E-state index in [4.69, 9.17) is 10.8 Å². The molecule has 104 valence electrons. The molecule has 0 amide bonds. The molecule has 0 aromatic heterocycles. The number of nitrogens with zero attached hydrogens (tertiary/aromatic N) is 1. The second-order valence-electron chi connectivity index (χ2n) is 5.46. The Morgan fingerprint density at radius 2 is 2.11 bits per heavy atom. The number of carboxylic acids is 1. The minimum Gasteiger partial charge on any atom is -0.478 e. The van der Waals surface area contributed by atoms with E-state index in [2.05, 4.69) is 18.7 Å². The van der Waals surface area contributed by atoms with Crippen molar-refractivity contribution in [2.75, 3.05) is 23.7 Å². The van der Waals surface area contributed by atoms with E-state index in [9.17, 15) is 4.79 Å². The minimum absolute atomic E-state index is 0.301. The van der Waals surface area contributed by atoms with Crippen LogP contribution in [0.15, 0.2) is 18.2 Å². The number of nitrogen functional groups attached to an aromatic ring is 1. The Morgan fingerprint density at radius 1 is 1.42 bits per heavy atom. The zero-order valence-corrected chi connectivity index (χ0v) is 11.6. The quantitative estimate of drug-likeness (QED) is 0.819. The van der Waals surface area contributed by atoms with Crippen LogP contribution in [0.5, 0.6) is 0 Å². The number of hydrogen-bond donors (Lipinski definition) is 2. The predicted octanol–water partition coefficient (Wildman–Crippen LogP) is 2.98. The first-order valence-electron chi connectivity index (χ1n) is 6.89. The fourth-order valence-electron chi connectivity index (χ4n) is 2.92. The lowest BCUT2D eigenvalue weighted by atomic mass is 9.82. The van der Waals surface area contributed by atoms with Gasteiger partial charge in [-0.2, -0.15) is 0 Å². The van der Waals surface area contributed by atoms with Gasteiger partial charge < -0.3 is 15.7 Å². The lowest BCUT2D eigenvalue weighted by molar-refractivity contribution is 0.0697. The van der Waals surface area contributed by atoms with E-state index in [1.807, 2.05) is 0 Å². The first kappa shape index (κ1) is 13.7. The molecule has 1 aliphatic rings. The van der Waals surface area contributed by atoms with E-state index in [1.54, 1.807) is 18.2 Å². The molecule has 0 spiro atoms. The van der Waals surface area contributed by atoms with Crippen LogP contribution in [0.25, 0.3) is 0 Å². The lowest BCUT2D eigenvalue weighted by Gasteiger charge is -2.27. The van der Waals surface area contributed by atoms with E-state index in [0.29, 0.717) is 16.7 Å². The van der Waals surface area contributed by atoms with Crippen molar-refractivity contribution in [2.45, 2.75) is 33.1 Å². The van der Waals surface area contributed by atoms with Gasteiger partial charge in [0.2, 0.25) is 0 Å². The maximum absolute atomic E-state index is 11.1. The summed E-state index contributed by atoms with van der Waals surface area (Å²) in [7, 11) is 0. The van der Waals surface area contributed by atoms with Gasteiger partial charge in [0.15, 0.2) is 0 Å². The number of anilines is 2. The molecule has 0 unspecified atom stereocenters. The van der Waals surface area contributed by atoms with E-state index < -0.39 is 5.97 Å². The van der Waals surface area contributed by atoms with Gasteiger partial charge in [-0.1, -0.05) is 13.8 Å². The highest BCUT2D eigenvalue weighted by atomic mass is 16.4. The molecule has 1 saturated heterocycles. The van der Waals surface area contributed by atoms with Crippen LogP contribution in [-0.4, -0.2) is 24.2 Å². The summed E-state index contributed by atoms with van der Waals surface area (Å²) in [5, 5.41) is 9.08. The molecule has 1 heterocycles. The minimum atomic E-state index is -0.905. The average molecular weight is 262 g/mol. The third kappa shape index (κ3) is 2.53. The Labute approximate surface area is 114 Å². The second-order valence-corrected chi connectivity index (χ2v) is 5.46. The molecular formula is C15H22N2O2. The summed E-state index contributed by atoms with van der Waals surface area (Å²) < 4.78 is 0. The maximum atomic E-state index is 11.1. The van der Waals surface area contributed by atoms with E-state index in [0.717, 1.165) is 38.0 Å². The third-order valence-electron chi connectivity index (χ3n) is 4.56. The highest BCUT2D eigenvalue weighted by Gasteiger charge is 2.35. The number of carboxylic acid groups (broad SMARTS) is 1. The first-order chi connectivity index (χ1) is 9.01. The van der Waals surface area contributed by atoms with Crippen LogP contribution in [0.1, 0.15) is 43.5 Å². The van der Waals surface area contributed by atoms with Crippen LogP contribution >= 0.6 is 0 Å². The number of benzene rings is 1. The molecule has 0 radical (unpaired) electrons. The lowest BCUT2D eigenvalue weighted by Crippen LogP contribution is -2.26. The number of hydrogen-bond acceptors (Lipinski definition) is 3.